The number of hydrogen-bond acceptors (Lipinski definition) is 2. The van der Waals surface area contributed by atoms with Crippen LogP contribution < -0.4 is 0 Å². The van der Waals surface area contributed by atoms with Crippen LogP contribution in [-0.4, -0.2) is 26.7 Å². The van der Waals surface area contributed by atoms with E-state index in [0.29, 0.717) is 11.3 Å². The second kappa shape index (κ2) is 5.82. The van der Waals surface area contributed by atoms with Crippen molar-refractivity contribution in [3.63, 3.8) is 0 Å². The van der Waals surface area contributed by atoms with Gasteiger partial charge in [-0.3, -0.25) is 0 Å². The van der Waals surface area contributed by atoms with Gasteiger partial charge in [-0.25, -0.2) is 0 Å². The van der Waals surface area contributed by atoms with Gasteiger partial charge < -0.3 is 10.2 Å². The highest BCUT2D eigenvalue weighted by Gasteiger charge is 2.69. The van der Waals surface area contributed by atoms with Crippen LogP contribution in [0.3, 0.4) is 0 Å². The van der Waals surface area contributed by atoms with E-state index in [1.165, 1.54) is 25.7 Å². The van der Waals surface area contributed by atoms with Gasteiger partial charge >= 0.3 is 0 Å². The Bertz CT molecular complexity index is 589. The molecule has 0 aromatic heterocycles. The summed E-state index contributed by atoms with van der Waals surface area (Å²) >= 11 is 4.25. The molecule has 25 heavy (non-hydrogen) atoms. The molecule has 4 aliphatic rings. The minimum atomic E-state index is -0.681. The zero-order chi connectivity index (χ0) is 18.2. The van der Waals surface area contributed by atoms with Crippen LogP contribution in [0.1, 0.15) is 72.6 Å². The first-order chi connectivity index (χ1) is 11.7. The molecule has 3 fully saturated rings. The molecule has 4 aliphatic carbocycles. The van der Waals surface area contributed by atoms with E-state index >= 15 is 0 Å². The number of fused-ring (bicyclic) bond motifs is 5. The first-order valence-electron chi connectivity index (χ1n) is 10.5. The van der Waals surface area contributed by atoms with Crippen LogP contribution in [0.5, 0.6) is 0 Å². The molecule has 3 heteroatoms. The summed E-state index contributed by atoms with van der Waals surface area (Å²) in [5.41, 5.74) is 1.40. The standard InChI is InChI=1S/C22H35BrO2/c1-5-14-13(2)12-16-17-19(25)18(24)15-8-6-7-9-21(15,4)22(17,23)11-10-20(14,16)3/h8,13-14,16-19,24-25H,5-7,9-12H2,1-4H3/t13-,14-,16+,17-,18+,19-,20-,21+,22-/m1/s1. The molecule has 0 heterocycles. The molecular weight excluding hydrogens is 376 g/mol. The van der Waals surface area contributed by atoms with Gasteiger partial charge in [0.05, 0.1) is 6.10 Å². The van der Waals surface area contributed by atoms with E-state index in [1.54, 1.807) is 0 Å². The van der Waals surface area contributed by atoms with Crippen molar-refractivity contribution >= 4 is 15.9 Å². The Morgan fingerprint density at radius 3 is 2.60 bits per heavy atom. The lowest BCUT2D eigenvalue weighted by Gasteiger charge is -2.65. The molecule has 0 unspecified atom stereocenters. The topological polar surface area (TPSA) is 40.5 Å². The van der Waals surface area contributed by atoms with Crippen LogP contribution in [0.15, 0.2) is 11.6 Å². The van der Waals surface area contributed by atoms with Gasteiger partial charge in [0.1, 0.15) is 6.10 Å². The summed E-state index contributed by atoms with van der Waals surface area (Å²) in [5, 5.41) is 22.3. The van der Waals surface area contributed by atoms with E-state index in [9.17, 15) is 10.2 Å². The van der Waals surface area contributed by atoms with Crippen molar-refractivity contribution in [3.05, 3.63) is 11.6 Å². The van der Waals surface area contributed by atoms with E-state index in [2.05, 4.69) is 49.7 Å². The number of aliphatic hydroxyl groups excluding tert-OH is 2. The summed E-state index contributed by atoms with van der Waals surface area (Å²) < 4.78 is -0.0720. The molecule has 0 amide bonds. The summed E-state index contributed by atoms with van der Waals surface area (Å²) in [6, 6.07) is 0. The number of halogens is 1. The Labute approximate surface area is 161 Å². The third-order valence-corrected chi connectivity index (χ3v) is 11.0. The number of alkyl halides is 1. The van der Waals surface area contributed by atoms with Gasteiger partial charge in [-0.1, -0.05) is 56.1 Å². The average molecular weight is 411 g/mol. The van der Waals surface area contributed by atoms with Crippen molar-refractivity contribution in [2.45, 2.75) is 89.2 Å². The zero-order valence-corrected chi connectivity index (χ0v) is 17.8. The lowest BCUT2D eigenvalue weighted by atomic mass is 9.45. The van der Waals surface area contributed by atoms with E-state index in [4.69, 9.17) is 0 Å². The van der Waals surface area contributed by atoms with Crippen LogP contribution in [0, 0.1) is 34.5 Å². The second-order valence-electron chi connectivity index (χ2n) is 10.0. The predicted octanol–water partition coefficient (Wildman–Crippen LogP) is 5.07. The van der Waals surface area contributed by atoms with Crippen molar-refractivity contribution in [1.82, 2.24) is 0 Å². The number of rotatable bonds is 1. The summed E-state index contributed by atoms with van der Waals surface area (Å²) in [4.78, 5) is 0. The zero-order valence-electron chi connectivity index (χ0n) is 16.3. The van der Waals surface area contributed by atoms with Gasteiger partial charge in [-0.05, 0) is 67.3 Å². The maximum Gasteiger partial charge on any atom is 0.102 e. The number of hydrogen-bond donors (Lipinski definition) is 2. The molecule has 2 N–H and O–H groups in total. The van der Waals surface area contributed by atoms with Crippen molar-refractivity contribution in [1.29, 1.82) is 0 Å². The molecule has 0 spiro atoms. The molecule has 0 aromatic rings. The van der Waals surface area contributed by atoms with Crippen molar-refractivity contribution in [2.24, 2.45) is 34.5 Å². The molecule has 0 bridgehead atoms. The van der Waals surface area contributed by atoms with Gasteiger partial charge in [-0.2, -0.15) is 0 Å². The maximum atomic E-state index is 11.3. The molecule has 142 valence electrons. The van der Waals surface area contributed by atoms with Crippen molar-refractivity contribution in [3.8, 4) is 0 Å². The Hall–Kier alpha value is 0.140. The largest absolute Gasteiger partial charge is 0.390 e. The van der Waals surface area contributed by atoms with Crippen LogP contribution in [0.4, 0.5) is 0 Å². The normalized spacial score (nSPS) is 58.1. The fraction of sp³-hybridized carbons (Fsp3) is 0.909. The predicted molar refractivity (Wildman–Crippen MR) is 106 cm³/mol. The molecule has 0 aromatic carbocycles. The van der Waals surface area contributed by atoms with Crippen LogP contribution in [-0.2, 0) is 0 Å². The third kappa shape index (κ3) is 2.15. The fourth-order valence-corrected chi connectivity index (χ4v) is 9.22. The summed E-state index contributed by atoms with van der Waals surface area (Å²) in [7, 11) is 0. The minimum Gasteiger partial charge on any atom is -0.390 e. The van der Waals surface area contributed by atoms with Gasteiger partial charge in [0, 0.05) is 15.7 Å². The van der Waals surface area contributed by atoms with Gasteiger partial charge in [-0.15, -0.1) is 0 Å². The molecule has 0 radical (unpaired) electrons. The first kappa shape index (κ1) is 18.5. The number of allylic oxidation sites excluding steroid dienone is 1. The molecule has 2 nitrogen and oxygen atoms in total. The van der Waals surface area contributed by atoms with Crippen molar-refractivity contribution < 1.29 is 10.2 Å². The maximum absolute atomic E-state index is 11.3. The highest BCUT2D eigenvalue weighted by atomic mass is 79.9. The SMILES string of the molecule is CC[C@@H]1[C@H](C)C[C@H]2[C@@H]3[C@@H](O)[C@@H](O)C4=CCCC[C@]4(C)[C@@]3(Br)CC[C@]12C. The smallest absolute Gasteiger partial charge is 0.102 e. The van der Waals surface area contributed by atoms with Gasteiger partial charge in [0.2, 0.25) is 0 Å². The van der Waals surface area contributed by atoms with Gasteiger partial charge in [0.25, 0.3) is 0 Å². The first-order valence-corrected chi connectivity index (χ1v) is 11.3. The summed E-state index contributed by atoms with van der Waals surface area (Å²) in [5.74, 6) is 2.12. The third-order valence-electron chi connectivity index (χ3n) is 9.25. The van der Waals surface area contributed by atoms with Crippen LogP contribution in [0.2, 0.25) is 0 Å². The Morgan fingerprint density at radius 2 is 1.92 bits per heavy atom. The summed E-state index contributed by atoms with van der Waals surface area (Å²) in [6.07, 6.45) is 9.07. The highest BCUT2D eigenvalue weighted by molar-refractivity contribution is 9.10. The quantitative estimate of drug-likeness (QED) is 0.467. The lowest BCUT2D eigenvalue weighted by molar-refractivity contribution is -0.130. The van der Waals surface area contributed by atoms with E-state index in [-0.39, 0.29) is 15.7 Å². The van der Waals surface area contributed by atoms with Crippen LogP contribution >= 0.6 is 15.9 Å². The van der Waals surface area contributed by atoms with E-state index in [1.807, 2.05) is 0 Å². The van der Waals surface area contributed by atoms with E-state index in [0.717, 1.165) is 36.7 Å². The Kier molecular flexibility index (Phi) is 4.30. The Morgan fingerprint density at radius 1 is 1.20 bits per heavy atom. The summed E-state index contributed by atoms with van der Waals surface area (Å²) in [6.45, 7) is 9.58. The molecular formula is C22H35BrO2. The second-order valence-corrected chi connectivity index (χ2v) is 11.5. The highest BCUT2D eigenvalue weighted by Crippen LogP contribution is 2.72. The molecule has 3 saturated carbocycles. The monoisotopic (exact) mass is 410 g/mol. The van der Waals surface area contributed by atoms with Crippen LogP contribution in [0.25, 0.3) is 0 Å². The molecule has 0 saturated heterocycles. The Balaban J connectivity index is 1.82. The van der Waals surface area contributed by atoms with Gasteiger partial charge in [0.15, 0.2) is 0 Å². The molecule has 4 rings (SSSR count). The molecule has 9 atom stereocenters. The van der Waals surface area contributed by atoms with E-state index < -0.39 is 12.2 Å². The molecule has 0 aliphatic heterocycles. The fourth-order valence-electron chi connectivity index (χ4n) is 8.00. The number of aliphatic hydroxyl groups is 2. The van der Waals surface area contributed by atoms with Crippen molar-refractivity contribution in [2.75, 3.05) is 0 Å². The lowest BCUT2D eigenvalue weighted by Crippen LogP contribution is -2.67. The minimum absolute atomic E-state index is 0.0244. The average Bonchev–Trinajstić information content (AvgIpc) is 2.83.